The molecule has 0 saturated heterocycles. The molecule has 0 heterocycles. The molecule has 0 aromatic heterocycles. The molecule has 0 aliphatic carbocycles. The minimum Gasteiger partial charge on any atom is -0.477 e. The van der Waals surface area contributed by atoms with E-state index in [4.69, 9.17) is 18.9 Å². The molecule has 0 aliphatic rings. The first-order valence-electron chi connectivity index (χ1n) is 38.9. The van der Waals surface area contributed by atoms with Crippen LogP contribution >= 0.6 is 0 Å². The van der Waals surface area contributed by atoms with Crippen LogP contribution in [-0.2, 0) is 33.3 Å². The smallest absolute Gasteiger partial charge is 0.361 e. The molecule has 0 fully saturated rings. The Morgan fingerprint density at radius 2 is 0.557 bits per heavy atom. The van der Waals surface area contributed by atoms with E-state index in [9.17, 15) is 19.5 Å². The highest BCUT2D eigenvalue weighted by Crippen LogP contribution is 2.17. The number of carbonyl (C=O) groups is 3. The fourth-order valence-electron chi connectivity index (χ4n) is 10.3. The molecule has 548 valence electrons. The van der Waals surface area contributed by atoms with Crippen LogP contribution in [0.2, 0.25) is 0 Å². The normalized spacial score (nSPS) is 13.7. The number of aliphatic carboxylic acids is 1. The number of quaternary nitrogens is 1. The molecule has 0 aromatic rings. The Balaban J connectivity index is 4.12. The number of allylic oxidation sites excluding steroid dienone is 30. The van der Waals surface area contributed by atoms with E-state index in [0.29, 0.717) is 23.9 Å². The Kier molecular flexibility index (Phi) is 71.7. The summed E-state index contributed by atoms with van der Waals surface area (Å²) in [5, 5.41) is 9.77. The molecule has 97 heavy (non-hydrogen) atoms. The Hall–Kier alpha value is -5.61. The molecule has 0 aromatic carbocycles. The second-order valence-corrected chi connectivity index (χ2v) is 26.6. The summed E-state index contributed by atoms with van der Waals surface area (Å²) in [6.07, 6.45) is 113. The van der Waals surface area contributed by atoms with Gasteiger partial charge in [0.25, 0.3) is 6.29 Å². The minimum atomic E-state index is -1.52. The Labute approximate surface area is 596 Å². The Morgan fingerprint density at radius 1 is 0.309 bits per heavy atom. The number of ether oxygens (including phenoxy) is 4. The molecule has 9 heteroatoms. The van der Waals surface area contributed by atoms with Crippen LogP contribution < -0.4 is 0 Å². The summed E-state index contributed by atoms with van der Waals surface area (Å²) >= 11 is 0. The number of nitrogens with zero attached hydrogens (tertiary/aromatic N) is 1. The number of unbranched alkanes of at least 4 members (excludes halogenated alkanes) is 25. The molecule has 0 rings (SSSR count). The SMILES string of the molecule is CC/C=C\C/C=C\C/C=C\C/C=C\C/C=C\C/C=C\C/C=C\C/C=C\C/C=C\C/C=C\CCCCCCCCCCCCC(=O)OC(COC(=O)CCCCCCCCCCCCCCCCC/C=C\C/C=C\C/C=C\C/C=C\C/C=C\CC)COC(OCC[N+](C)(C)C)C(=O)O. The van der Waals surface area contributed by atoms with Crippen molar-refractivity contribution in [2.24, 2.45) is 0 Å². The van der Waals surface area contributed by atoms with Crippen LogP contribution in [0.5, 0.6) is 0 Å². The molecule has 0 radical (unpaired) electrons. The highest BCUT2D eigenvalue weighted by molar-refractivity contribution is 5.71. The van der Waals surface area contributed by atoms with Crippen LogP contribution in [0.25, 0.3) is 0 Å². The molecule has 1 N–H and O–H groups in total. The summed E-state index contributed by atoms with van der Waals surface area (Å²) in [6.45, 7) is 4.65. The van der Waals surface area contributed by atoms with Crippen molar-refractivity contribution in [3.05, 3.63) is 182 Å². The lowest BCUT2D eigenvalue weighted by atomic mass is 10.0. The number of carboxylic acid groups (broad SMARTS) is 1. The fourth-order valence-corrected chi connectivity index (χ4v) is 10.3. The molecule has 0 bridgehead atoms. The molecular formula is C88H144NO8+. The molecule has 0 spiro atoms. The van der Waals surface area contributed by atoms with Gasteiger partial charge in [0.2, 0.25) is 0 Å². The van der Waals surface area contributed by atoms with Gasteiger partial charge in [0.05, 0.1) is 34.4 Å². The zero-order valence-corrected chi connectivity index (χ0v) is 62.7. The average molecular weight is 1340 g/mol. The zero-order valence-electron chi connectivity index (χ0n) is 62.7. The van der Waals surface area contributed by atoms with Gasteiger partial charge in [0.1, 0.15) is 13.2 Å². The van der Waals surface area contributed by atoms with E-state index in [2.05, 4.69) is 196 Å². The van der Waals surface area contributed by atoms with Crippen molar-refractivity contribution < 1.29 is 42.9 Å². The lowest BCUT2D eigenvalue weighted by Gasteiger charge is -2.25. The summed E-state index contributed by atoms with van der Waals surface area (Å²) in [5.41, 5.74) is 0. The van der Waals surface area contributed by atoms with Crippen LogP contribution in [0.1, 0.15) is 296 Å². The molecule has 0 saturated carbocycles. The van der Waals surface area contributed by atoms with E-state index in [0.717, 1.165) is 141 Å². The van der Waals surface area contributed by atoms with E-state index in [1.54, 1.807) is 0 Å². The van der Waals surface area contributed by atoms with E-state index >= 15 is 0 Å². The second-order valence-electron chi connectivity index (χ2n) is 26.6. The van der Waals surface area contributed by atoms with Crippen LogP contribution in [0.15, 0.2) is 182 Å². The topological polar surface area (TPSA) is 108 Å². The first-order valence-corrected chi connectivity index (χ1v) is 38.9. The first-order chi connectivity index (χ1) is 47.6. The third-order valence-corrected chi connectivity index (χ3v) is 16.2. The van der Waals surface area contributed by atoms with Crippen LogP contribution in [0.3, 0.4) is 0 Å². The van der Waals surface area contributed by atoms with E-state index < -0.39 is 24.3 Å². The highest BCUT2D eigenvalue weighted by atomic mass is 16.7. The predicted molar refractivity (Wildman–Crippen MR) is 419 cm³/mol. The van der Waals surface area contributed by atoms with Gasteiger partial charge >= 0.3 is 17.9 Å². The van der Waals surface area contributed by atoms with Crippen molar-refractivity contribution in [1.82, 2.24) is 0 Å². The second kappa shape index (κ2) is 76.1. The number of hydrogen-bond acceptors (Lipinski definition) is 7. The van der Waals surface area contributed by atoms with Crippen molar-refractivity contribution in [2.45, 2.75) is 309 Å². The summed E-state index contributed by atoms with van der Waals surface area (Å²) in [6, 6.07) is 0. The van der Waals surface area contributed by atoms with Gasteiger partial charge in [-0.15, -0.1) is 0 Å². The third kappa shape index (κ3) is 77.6. The van der Waals surface area contributed by atoms with Gasteiger partial charge in [-0.3, -0.25) is 9.59 Å². The van der Waals surface area contributed by atoms with Crippen LogP contribution in [-0.4, -0.2) is 87.4 Å². The van der Waals surface area contributed by atoms with Crippen molar-refractivity contribution in [3.8, 4) is 0 Å². The maximum absolute atomic E-state index is 13.0. The van der Waals surface area contributed by atoms with Crippen molar-refractivity contribution in [1.29, 1.82) is 0 Å². The molecule has 9 nitrogen and oxygen atoms in total. The van der Waals surface area contributed by atoms with Crippen molar-refractivity contribution >= 4 is 17.9 Å². The van der Waals surface area contributed by atoms with Gasteiger partial charge in [0, 0.05) is 12.8 Å². The summed E-state index contributed by atoms with van der Waals surface area (Å²) in [4.78, 5) is 37.7. The van der Waals surface area contributed by atoms with Crippen LogP contribution in [0, 0.1) is 0 Å². The number of esters is 2. The van der Waals surface area contributed by atoms with E-state index in [1.807, 2.05) is 21.1 Å². The Bertz CT molecular complexity index is 2260. The predicted octanol–water partition coefficient (Wildman–Crippen LogP) is 25.1. The largest absolute Gasteiger partial charge is 0.477 e. The average Bonchev–Trinajstić information content (AvgIpc) is 3.27. The lowest BCUT2D eigenvalue weighted by molar-refractivity contribution is -0.870. The number of likely N-dealkylation sites (N-methyl/N-ethyl adjacent to an activating group) is 1. The summed E-state index contributed by atoms with van der Waals surface area (Å²) in [7, 11) is 5.97. The van der Waals surface area contributed by atoms with E-state index in [1.165, 1.54) is 122 Å². The standard InChI is InChI=1S/C88H143NO8/c1-6-8-10-12-14-16-18-20-22-24-26-28-30-32-34-36-38-39-40-41-42-43-44-45-46-47-49-51-53-55-57-59-61-63-65-67-69-71-73-75-77-79-86(91)97-84(83-96-88(87(92)93)94-81-80-89(3,4)5)82-95-85(90)78-76-74-72-70-68-66-64-62-60-58-56-54-52-50-48-37-35-33-31-29-27-25-23-21-19-17-15-13-11-9-7-2/h8-11,14-17,20-23,26-29,32-35,38-39,41-42,44-45,47,49,53,55,84,88H,6-7,12-13,18-19,24-25,30-31,36-37,40,43,46,48,50-52,54,56-83H2,1-5H3/p+1/b10-8-,11-9-,16-14-,17-15-,22-20-,23-21-,28-26-,29-27-,34-32-,35-33-,39-38-,42-41-,45-44-,49-47-,55-53-. The van der Waals surface area contributed by atoms with Crippen molar-refractivity contribution in [3.63, 3.8) is 0 Å². The maximum atomic E-state index is 13.0. The first kappa shape index (κ1) is 91.4. The molecular weight excluding hydrogens is 1200 g/mol. The molecule has 0 aliphatic heterocycles. The van der Waals surface area contributed by atoms with Gasteiger partial charge in [-0.05, 0) is 135 Å². The molecule has 2 unspecified atom stereocenters. The van der Waals surface area contributed by atoms with Gasteiger partial charge < -0.3 is 28.5 Å². The zero-order chi connectivity index (χ0) is 70.4. The van der Waals surface area contributed by atoms with Crippen molar-refractivity contribution in [2.75, 3.05) is 47.5 Å². The number of carbonyl (C=O) groups excluding carboxylic acids is 2. The lowest BCUT2D eigenvalue weighted by Crippen LogP contribution is -2.40. The summed E-state index contributed by atoms with van der Waals surface area (Å²) in [5.74, 6) is -2.02. The Morgan fingerprint density at radius 3 is 0.825 bits per heavy atom. The number of hydrogen-bond donors (Lipinski definition) is 1. The van der Waals surface area contributed by atoms with Crippen LogP contribution in [0.4, 0.5) is 0 Å². The monoisotopic (exact) mass is 1340 g/mol. The quantitative estimate of drug-likeness (QED) is 0.0211. The number of carboxylic acids is 1. The maximum Gasteiger partial charge on any atom is 0.361 e. The minimum absolute atomic E-state index is 0.179. The van der Waals surface area contributed by atoms with Gasteiger partial charge in [-0.1, -0.05) is 331 Å². The third-order valence-electron chi connectivity index (χ3n) is 16.2. The van der Waals surface area contributed by atoms with Gasteiger partial charge in [-0.2, -0.15) is 0 Å². The summed E-state index contributed by atoms with van der Waals surface area (Å²) < 4.78 is 23.0. The fraction of sp³-hybridized carbons (Fsp3) is 0.625. The van der Waals surface area contributed by atoms with Gasteiger partial charge in [0.15, 0.2) is 6.10 Å². The molecule has 2 atom stereocenters. The number of rotatable bonds is 70. The van der Waals surface area contributed by atoms with Gasteiger partial charge in [-0.25, -0.2) is 4.79 Å². The highest BCUT2D eigenvalue weighted by Gasteiger charge is 2.25. The molecule has 0 amide bonds. The van der Waals surface area contributed by atoms with E-state index in [-0.39, 0.29) is 32.2 Å².